The molecule has 0 radical (unpaired) electrons. The standard InChI is InChI=1S/C24H19Cl2N3O2.ClH/c1-14-10-22(27)19-11-16(6-9-23(19)28-14)29-24(30)18-5-3-2-4-15(18)13-31-17-7-8-20(25)21(26)12-17;/h2-12H,13H2,1H3,(H2,27,28)(H,29,30);1H. The van der Waals surface area contributed by atoms with Gasteiger partial charge in [0.05, 0.1) is 15.6 Å². The molecule has 4 rings (SSSR count). The van der Waals surface area contributed by atoms with Crippen molar-refractivity contribution in [1.29, 1.82) is 0 Å². The SMILES string of the molecule is Cc1cc(N)c2cc(NC(=O)c3ccccc3COc3ccc(Cl)c(Cl)c3)ccc2n1.Cl. The van der Waals surface area contributed by atoms with Crippen molar-refractivity contribution in [3.05, 3.63) is 93.6 Å². The fourth-order valence-electron chi connectivity index (χ4n) is 3.26. The van der Waals surface area contributed by atoms with E-state index in [4.69, 9.17) is 33.7 Å². The number of pyridine rings is 1. The Hall–Kier alpha value is -2.99. The van der Waals surface area contributed by atoms with Crippen LogP contribution in [0.1, 0.15) is 21.6 Å². The number of amides is 1. The van der Waals surface area contributed by atoms with E-state index in [0.29, 0.717) is 32.7 Å². The van der Waals surface area contributed by atoms with Crippen LogP contribution in [0.15, 0.2) is 66.7 Å². The molecule has 0 aliphatic heterocycles. The van der Waals surface area contributed by atoms with E-state index < -0.39 is 0 Å². The first-order valence-corrected chi connectivity index (χ1v) is 10.3. The van der Waals surface area contributed by atoms with E-state index >= 15 is 0 Å². The lowest BCUT2D eigenvalue weighted by molar-refractivity contribution is 0.102. The van der Waals surface area contributed by atoms with Gasteiger partial charge >= 0.3 is 0 Å². The van der Waals surface area contributed by atoms with E-state index in [1.807, 2.05) is 43.3 Å². The lowest BCUT2D eigenvalue weighted by Gasteiger charge is -2.13. The third-order valence-corrected chi connectivity index (χ3v) is 5.51. The molecule has 0 saturated heterocycles. The van der Waals surface area contributed by atoms with Crippen LogP contribution in [0.5, 0.6) is 5.75 Å². The lowest BCUT2D eigenvalue weighted by atomic mass is 10.1. The van der Waals surface area contributed by atoms with E-state index in [0.717, 1.165) is 22.2 Å². The van der Waals surface area contributed by atoms with E-state index in [1.165, 1.54) is 0 Å². The zero-order chi connectivity index (χ0) is 22.0. The number of aromatic nitrogens is 1. The summed E-state index contributed by atoms with van der Waals surface area (Å²) < 4.78 is 5.81. The van der Waals surface area contributed by atoms with Crippen LogP contribution in [0.3, 0.4) is 0 Å². The topological polar surface area (TPSA) is 77.2 Å². The van der Waals surface area contributed by atoms with Crippen LogP contribution in [0.2, 0.25) is 10.0 Å². The minimum atomic E-state index is -0.244. The Morgan fingerprint density at radius 1 is 1.03 bits per heavy atom. The summed E-state index contributed by atoms with van der Waals surface area (Å²) >= 11 is 12.0. The van der Waals surface area contributed by atoms with Crippen LogP contribution in [0, 0.1) is 6.92 Å². The van der Waals surface area contributed by atoms with Gasteiger partial charge in [0, 0.05) is 39.6 Å². The molecule has 4 aromatic rings. The van der Waals surface area contributed by atoms with E-state index in [-0.39, 0.29) is 24.9 Å². The molecule has 0 unspecified atom stereocenters. The van der Waals surface area contributed by atoms with Gasteiger partial charge in [-0.25, -0.2) is 0 Å². The average molecular weight is 489 g/mol. The smallest absolute Gasteiger partial charge is 0.256 e. The number of ether oxygens (including phenoxy) is 1. The molecule has 1 amide bonds. The van der Waals surface area contributed by atoms with Gasteiger partial charge in [-0.2, -0.15) is 0 Å². The Morgan fingerprint density at radius 2 is 1.81 bits per heavy atom. The molecular formula is C24H20Cl3N3O2. The van der Waals surface area contributed by atoms with Gasteiger partial charge in [0.25, 0.3) is 5.91 Å². The molecule has 1 heterocycles. The van der Waals surface area contributed by atoms with Crippen LogP contribution >= 0.6 is 35.6 Å². The van der Waals surface area contributed by atoms with Gasteiger partial charge in [-0.05, 0) is 49.4 Å². The number of nitrogen functional groups attached to an aromatic ring is 1. The van der Waals surface area contributed by atoms with Crippen molar-refractivity contribution in [2.75, 3.05) is 11.1 Å². The molecule has 0 bridgehead atoms. The van der Waals surface area contributed by atoms with Crippen LogP contribution in [0.4, 0.5) is 11.4 Å². The number of anilines is 2. The minimum absolute atomic E-state index is 0. The molecule has 3 aromatic carbocycles. The summed E-state index contributed by atoms with van der Waals surface area (Å²) in [6.45, 7) is 2.10. The van der Waals surface area contributed by atoms with Gasteiger partial charge in [0.2, 0.25) is 0 Å². The van der Waals surface area contributed by atoms with E-state index in [9.17, 15) is 4.79 Å². The molecule has 5 nitrogen and oxygen atoms in total. The van der Waals surface area contributed by atoms with Crippen LogP contribution in [-0.4, -0.2) is 10.9 Å². The predicted octanol–water partition coefficient (Wildman–Crippen LogP) is 6.69. The number of benzene rings is 3. The maximum absolute atomic E-state index is 13.0. The summed E-state index contributed by atoms with van der Waals surface area (Å²) in [6, 6.07) is 19.6. The van der Waals surface area contributed by atoms with Crippen molar-refractivity contribution in [3.8, 4) is 5.75 Å². The van der Waals surface area contributed by atoms with Crippen molar-refractivity contribution in [2.45, 2.75) is 13.5 Å². The summed E-state index contributed by atoms with van der Waals surface area (Å²) in [4.78, 5) is 17.4. The minimum Gasteiger partial charge on any atom is -0.489 e. The van der Waals surface area contributed by atoms with Crippen molar-refractivity contribution in [1.82, 2.24) is 4.98 Å². The number of nitrogens with zero attached hydrogens (tertiary/aromatic N) is 1. The fraction of sp³-hybridized carbons (Fsp3) is 0.0833. The second-order valence-corrected chi connectivity index (χ2v) is 7.88. The van der Waals surface area contributed by atoms with Crippen LogP contribution in [-0.2, 0) is 6.61 Å². The monoisotopic (exact) mass is 487 g/mol. The summed E-state index contributed by atoms with van der Waals surface area (Å²) in [5.74, 6) is 0.323. The molecule has 0 saturated carbocycles. The van der Waals surface area contributed by atoms with Gasteiger partial charge in [-0.15, -0.1) is 12.4 Å². The second-order valence-electron chi connectivity index (χ2n) is 7.06. The third-order valence-electron chi connectivity index (χ3n) is 4.77. The molecule has 0 atom stereocenters. The normalized spacial score (nSPS) is 10.5. The van der Waals surface area contributed by atoms with Crippen molar-refractivity contribution in [3.63, 3.8) is 0 Å². The van der Waals surface area contributed by atoms with Crippen LogP contribution in [0.25, 0.3) is 10.9 Å². The highest BCUT2D eigenvalue weighted by atomic mass is 35.5. The number of nitrogens with two attached hydrogens (primary N) is 1. The number of aryl methyl sites for hydroxylation is 1. The first kappa shape index (κ1) is 23.7. The maximum Gasteiger partial charge on any atom is 0.256 e. The van der Waals surface area contributed by atoms with Crippen molar-refractivity contribution < 1.29 is 9.53 Å². The third kappa shape index (κ3) is 5.25. The molecule has 8 heteroatoms. The number of nitrogens with one attached hydrogen (secondary N) is 1. The number of rotatable bonds is 5. The number of halogens is 3. The Kier molecular flexibility index (Phi) is 7.46. The Morgan fingerprint density at radius 3 is 2.59 bits per heavy atom. The van der Waals surface area contributed by atoms with Gasteiger partial charge in [0.15, 0.2) is 0 Å². The first-order valence-electron chi connectivity index (χ1n) is 9.55. The highest BCUT2D eigenvalue weighted by molar-refractivity contribution is 6.42. The highest BCUT2D eigenvalue weighted by Gasteiger charge is 2.13. The Labute approximate surface area is 201 Å². The molecule has 0 aliphatic rings. The lowest BCUT2D eigenvalue weighted by Crippen LogP contribution is -2.15. The predicted molar refractivity (Wildman–Crippen MR) is 133 cm³/mol. The van der Waals surface area contributed by atoms with Gasteiger partial charge in [-0.3, -0.25) is 9.78 Å². The summed E-state index contributed by atoms with van der Waals surface area (Å²) in [5.41, 5.74) is 10.3. The van der Waals surface area contributed by atoms with Gasteiger partial charge in [0.1, 0.15) is 12.4 Å². The summed E-state index contributed by atoms with van der Waals surface area (Å²) in [5, 5.41) is 4.58. The zero-order valence-electron chi connectivity index (χ0n) is 17.1. The van der Waals surface area contributed by atoms with E-state index in [2.05, 4.69) is 10.3 Å². The highest BCUT2D eigenvalue weighted by Crippen LogP contribution is 2.27. The molecule has 3 N–H and O–H groups in total. The van der Waals surface area contributed by atoms with Crippen LogP contribution < -0.4 is 15.8 Å². The number of fused-ring (bicyclic) bond motifs is 1. The second kappa shape index (κ2) is 10.1. The fourth-order valence-corrected chi connectivity index (χ4v) is 3.55. The molecule has 0 aliphatic carbocycles. The molecule has 164 valence electrons. The van der Waals surface area contributed by atoms with Crippen molar-refractivity contribution >= 4 is 63.8 Å². The molecule has 0 spiro atoms. The quantitative estimate of drug-likeness (QED) is 0.328. The van der Waals surface area contributed by atoms with Gasteiger partial charge < -0.3 is 15.8 Å². The summed E-state index contributed by atoms with van der Waals surface area (Å²) in [6.07, 6.45) is 0. The first-order chi connectivity index (χ1) is 14.9. The maximum atomic E-state index is 13.0. The Bertz CT molecular complexity index is 1290. The number of hydrogen-bond acceptors (Lipinski definition) is 4. The number of carbonyl (C=O) groups is 1. The number of carbonyl (C=O) groups excluding carboxylic acids is 1. The molecule has 32 heavy (non-hydrogen) atoms. The van der Waals surface area contributed by atoms with Crippen molar-refractivity contribution in [2.24, 2.45) is 0 Å². The zero-order valence-corrected chi connectivity index (χ0v) is 19.4. The van der Waals surface area contributed by atoms with E-state index in [1.54, 1.807) is 30.3 Å². The molecule has 0 fully saturated rings. The average Bonchev–Trinajstić information content (AvgIpc) is 2.75. The van der Waals surface area contributed by atoms with Gasteiger partial charge in [-0.1, -0.05) is 41.4 Å². The number of hydrogen-bond donors (Lipinski definition) is 2. The summed E-state index contributed by atoms with van der Waals surface area (Å²) in [7, 11) is 0. The molecular weight excluding hydrogens is 469 g/mol. The molecule has 1 aromatic heterocycles. The Balaban J connectivity index is 0.00000289. The largest absolute Gasteiger partial charge is 0.489 e.